The van der Waals surface area contributed by atoms with Crippen molar-refractivity contribution in [3.05, 3.63) is 51.4 Å². The topological polar surface area (TPSA) is 73.2 Å². The number of amides is 1. The summed E-state index contributed by atoms with van der Waals surface area (Å²) in [4.78, 5) is 25.0. The van der Waals surface area contributed by atoms with E-state index < -0.39 is 5.56 Å². The van der Waals surface area contributed by atoms with Crippen LogP contribution in [0.2, 0.25) is 5.02 Å². The highest BCUT2D eigenvalue weighted by molar-refractivity contribution is 6.33. The van der Waals surface area contributed by atoms with Gasteiger partial charge in [-0.15, -0.1) is 0 Å². The molecule has 148 valence electrons. The van der Waals surface area contributed by atoms with E-state index in [1.807, 2.05) is 12.1 Å². The zero-order valence-electron chi connectivity index (χ0n) is 15.7. The summed E-state index contributed by atoms with van der Waals surface area (Å²) >= 11 is 6.25. The second-order valence-corrected chi connectivity index (χ2v) is 7.94. The Balaban J connectivity index is 1.52. The van der Waals surface area contributed by atoms with Gasteiger partial charge in [0.15, 0.2) is 0 Å². The predicted molar refractivity (Wildman–Crippen MR) is 108 cm³/mol. The molecule has 1 aromatic carbocycles. The molecule has 0 radical (unpaired) electrons. The van der Waals surface area contributed by atoms with Crippen LogP contribution in [-0.4, -0.2) is 28.9 Å². The Morgan fingerprint density at radius 1 is 1.14 bits per heavy atom. The second kappa shape index (κ2) is 8.45. The zero-order chi connectivity index (χ0) is 19.5. The normalized spacial score (nSPS) is 20.2. The molecule has 1 saturated heterocycles. The summed E-state index contributed by atoms with van der Waals surface area (Å²) in [5, 5.41) is 6.89. The molecule has 7 heteroatoms. The first-order chi connectivity index (χ1) is 13.6. The number of carbonyl (C=O) groups excluding carboxylic acids is 1. The fourth-order valence-electron chi connectivity index (χ4n) is 4.03. The molecule has 1 aliphatic carbocycles. The van der Waals surface area contributed by atoms with Gasteiger partial charge in [-0.2, -0.15) is 9.78 Å². The highest BCUT2D eigenvalue weighted by Crippen LogP contribution is 2.34. The molecule has 6 nitrogen and oxygen atoms in total. The Kier molecular flexibility index (Phi) is 5.78. The van der Waals surface area contributed by atoms with Crippen LogP contribution in [0.5, 0.6) is 0 Å². The lowest BCUT2D eigenvalue weighted by molar-refractivity contribution is -0.123. The van der Waals surface area contributed by atoms with Crippen molar-refractivity contribution in [1.82, 2.24) is 9.78 Å². The maximum absolute atomic E-state index is 12.7. The zero-order valence-corrected chi connectivity index (χ0v) is 16.5. The average Bonchev–Trinajstić information content (AvgIpc) is 3.27. The standard InChI is InChI=1S/C21H24ClN3O3/c22-19-18(24-20(26)16-6-3-11-28-13-16)12-23-25(21(19)27)17-9-7-15(8-10-17)14-4-1-2-5-14/h7-10,12,14,16H,1-6,11,13H2,(H,24,26). The van der Waals surface area contributed by atoms with Gasteiger partial charge in [0.25, 0.3) is 5.56 Å². The summed E-state index contributed by atoms with van der Waals surface area (Å²) in [6.07, 6.45) is 8.06. The number of carbonyl (C=O) groups is 1. The van der Waals surface area contributed by atoms with Crippen molar-refractivity contribution in [2.75, 3.05) is 18.5 Å². The number of halogens is 1. The molecule has 1 atom stereocenters. The highest BCUT2D eigenvalue weighted by atomic mass is 35.5. The Labute approximate surface area is 168 Å². The number of rotatable bonds is 4. The van der Waals surface area contributed by atoms with Gasteiger partial charge in [-0.25, -0.2) is 0 Å². The van der Waals surface area contributed by atoms with Crippen LogP contribution in [0.1, 0.15) is 50.0 Å². The summed E-state index contributed by atoms with van der Waals surface area (Å²) in [7, 11) is 0. The number of nitrogens with one attached hydrogen (secondary N) is 1. The lowest BCUT2D eigenvalue weighted by Gasteiger charge is -2.21. The maximum Gasteiger partial charge on any atom is 0.292 e. The molecule has 2 heterocycles. The van der Waals surface area contributed by atoms with E-state index in [0.717, 1.165) is 12.8 Å². The third-order valence-electron chi connectivity index (χ3n) is 5.67. The van der Waals surface area contributed by atoms with Gasteiger partial charge in [-0.05, 0) is 49.3 Å². The predicted octanol–water partition coefficient (Wildman–Crippen LogP) is 3.91. The van der Waals surface area contributed by atoms with E-state index in [1.54, 1.807) is 0 Å². The van der Waals surface area contributed by atoms with Gasteiger partial charge in [0.05, 0.1) is 30.1 Å². The largest absolute Gasteiger partial charge is 0.381 e. The number of anilines is 1. The van der Waals surface area contributed by atoms with Crippen molar-refractivity contribution >= 4 is 23.2 Å². The maximum atomic E-state index is 12.7. The number of nitrogens with zero attached hydrogens (tertiary/aromatic N) is 2. The van der Waals surface area contributed by atoms with E-state index in [0.29, 0.717) is 24.8 Å². The number of benzene rings is 1. The molecule has 1 amide bonds. The molecule has 1 aromatic heterocycles. The van der Waals surface area contributed by atoms with Crippen LogP contribution < -0.4 is 10.9 Å². The van der Waals surface area contributed by atoms with E-state index >= 15 is 0 Å². The third kappa shape index (κ3) is 3.98. The first-order valence-corrected chi connectivity index (χ1v) is 10.3. The van der Waals surface area contributed by atoms with Crippen LogP contribution in [0.25, 0.3) is 5.69 Å². The highest BCUT2D eigenvalue weighted by Gasteiger charge is 2.23. The monoisotopic (exact) mass is 401 g/mol. The van der Waals surface area contributed by atoms with E-state index in [9.17, 15) is 9.59 Å². The molecule has 1 aliphatic heterocycles. The molecule has 2 fully saturated rings. The average molecular weight is 402 g/mol. The first-order valence-electron chi connectivity index (χ1n) is 9.90. The molecule has 0 bridgehead atoms. The quantitative estimate of drug-likeness (QED) is 0.842. The Morgan fingerprint density at radius 2 is 1.89 bits per heavy atom. The molecular weight excluding hydrogens is 378 g/mol. The van der Waals surface area contributed by atoms with Crippen LogP contribution in [0.15, 0.2) is 35.3 Å². The minimum absolute atomic E-state index is 0.0417. The summed E-state index contributed by atoms with van der Waals surface area (Å²) in [6.45, 7) is 1.07. The van der Waals surface area contributed by atoms with Crippen LogP contribution in [-0.2, 0) is 9.53 Å². The second-order valence-electron chi connectivity index (χ2n) is 7.57. The van der Waals surface area contributed by atoms with Crippen LogP contribution in [0.3, 0.4) is 0 Å². The first kappa shape index (κ1) is 19.2. The van der Waals surface area contributed by atoms with Gasteiger partial charge in [0, 0.05) is 6.61 Å². The van der Waals surface area contributed by atoms with Gasteiger partial charge in [-0.3, -0.25) is 9.59 Å². The van der Waals surface area contributed by atoms with Crippen molar-refractivity contribution < 1.29 is 9.53 Å². The van der Waals surface area contributed by atoms with E-state index in [2.05, 4.69) is 22.5 Å². The molecule has 0 spiro atoms. The summed E-state index contributed by atoms with van der Waals surface area (Å²) in [6, 6.07) is 7.92. The summed E-state index contributed by atoms with van der Waals surface area (Å²) < 4.78 is 6.61. The van der Waals surface area contributed by atoms with Crippen molar-refractivity contribution in [2.24, 2.45) is 5.92 Å². The lowest BCUT2D eigenvalue weighted by atomic mass is 9.98. The number of aromatic nitrogens is 2. The van der Waals surface area contributed by atoms with Crippen LogP contribution in [0.4, 0.5) is 5.69 Å². The van der Waals surface area contributed by atoms with Gasteiger partial charge in [0.1, 0.15) is 5.02 Å². The Morgan fingerprint density at radius 3 is 2.57 bits per heavy atom. The number of hydrogen-bond donors (Lipinski definition) is 1. The molecule has 4 rings (SSSR count). The molecule has 2 aromatic rings. The van der Waals surface area contributed by atoms with Gasteiger partial charge < -0.3 is 10.1 Å². The molecule has 1 saturated carbocycles. The smallest absolute Gasteiger partial charge is 0.292 e. The summed E-state index contributed by atoms with van der Waals surface area (Å²) in [5.41, 5.74) is 1.75. The van der Waals surface area contributed by atoms with Crippen molar-refractivity contribution in [3.63, 3.8) is 0 Å². The van der Waals surface area contributed by atoms with Crippen molar-refractivity contribution in [2.45, 2.75) is 44.4 Å². The van der Waals surface area contributed by atoms with Crippen LogP contribution >= 0.6 is 11.6 Å². The molecular formula is C21H24ClN3O3. The SMILES string of the molecule is O=C(Nc1cnn(-c2ccc(C3CCCC3)cc2)c(=O)c1Cl)C1CCCOC1. The van der Waals surface area contributed by atoms with E-state index in [4.69, 9.17) is 16.3 Å². The summed E-state index contributed by atoms with van der Waals surface area (Å²) in [5.74, 6) is 0.195. The Bertz CT molecular complexity index is 898. The molecule has 28 heavy (non-hydrogen) atoms. The van der Waals surface area contributed by atoms with E-state index in [1.165, 1.54) is 42.1 Å². The third-order valence-corrected chi connectivity index (χ3v) is 6.04. The van der Waals surface area contributed by atoms with Gasteiger partial charge in [0.2, 0.25) is 5.91 Å². The molecule has 1 N–H and O–H groups in total. The van der Waals surface area contributed by atoms with Gasteiger partial charge in [-0.1, -0.05) is 36.6 Å². The van der Waals surface area contributed by atoms with Crippen LogP contribution in [0, 0.1) is 5.92 Å². The number of hydrogen-bond acceptors (Lipinski definition) is 4. The lowest BCUT2D eigenvalue weighted by Crippen LogP contribution is -2.31. The van der Waals surface area contributed by atoms with Crippen molar-refractivity contribution in [3.8, 4) is 5.69 Å². The van der Waals surface area contributed by atoms with Crippen molar-refractivity contribution in [1.29, 1.82) is 0 Å². The fourth-order valence-corrected chi connectivity index (χ4v) is 4.21. The Hall–Kier alpha value is -2.18. The van der Waals surface area contributed by atoms with E-state index in [-0.39, 0.29) is 22.5 Å². The molecule has 2 aliphatic rings. The van der Waals surface area contributed by atoms with Gasteiger partial charge >= 0.3 is 0 Å². The minimum atomic E-state index is -0.451. The number of ether oxygens (including phenoxy) is 1. The minimum Gasteiger partial charge on any atom is -0.381 e. The molecule has 1 unspecified atom stereocenters. The fraction of sp³-hybridized carbons (Fsp3) is 0.476.